The Labute approximate surface area is 289 Å². The molecule has 0 bridgehead atoms. The van der Waals surface area contributed by atoms with E-state index in [1.54, 1.807) is 22.7 Å². The fourth-order valence-electron chi connectivity index (χ4n) is 5.97. The van der Waals surface area contributed by atoms with E-state index >= 15 is 0 Å². The van der Waals surface area contributed by atoms with Crippen LogP contribution in [0.1, 0.15) is 11.4 Å². The van der Waals surface area contributed by atoms with Crippen molar-refractivity contribution in [1.29, 1.82) is 0 Å². The van der Waals surface area contributed by atoms with Crippen molar-refractivity contribution in [3.63, 3.8) is 0 Å². The standard InChI is InChI=1S/C44H32N2S2/c1-3-8-31(9-4-1)33-14-16-35(17-15-33)36-22-24-38(25-23-36)43-45-41(29-47-43)26-27-42-30-48-44(46-42)40-13-7-12-39(28-40)37-20-18-34(19-21-37)32-10-5-2-6-11-32/h1-25,28-30H,26-27H2. The SMILES string of the molecule is c1ccc(-c2ccc(-c3ccc(-c4nc(CCc5csc(-c6cccc(-c7ccc(-c8ccccc8)cc7)c6)n5)cs4)cc3)cc2)cc1. The van der Waals surface area contributed by atoms with E-state index in [0.717, 1.165) is 45.4 Å². The molecule has 8 aromatic rings. The first-order chi connectivity index (χ1) is 23.7. The quantitative estimate of drug-likeness (QED) is 0.155. The molecular formula is C44H32N2S2. The number of thiazole rings is 2. The fraction of sp³-hybridized carbons (Fsp3) is 0.0455. The van der Waals surface area contributed by atoms with Crippen molar-refractivity contribution in [3.8, 4) is 65.6 Å². The highest BCUT2D eigenvalue weighted by Crippen LogP contribution is 2.32. The Morgan fingerprint density at radius 3 is 1.10 bits per heavy atom. The number of rotatable bonds is 9. The van der Waals surface area contributed by atoms with Gasteiger partial charge in [0.1, 0.15) is 10.0 Å². The molecule has 4 heteroatoms. The van der Waals surface area contributed by atoms with E-state index < -0.39 is 0 Å². The molecule has 48 heavy (non-hydrogen) atoms. The highest BCUT2D eigenvalue weighted by atomic mass is 32.1. The first kappa shape index (κ1) is 29.9. The van der Waals surface area contributed by atoms with Gasteiger partial charge in [0.2, 0.25) is 0 Å². The third-order valence-corrected chi connectivity index (χ3v) is 10.5. The van der Waals surface area contributed by atoms with Crippen LogP contribution in [0.15, 0.2) is 168 Å². The maximum absolute atomic E-state index is 5.00. The van der Waals surface area contributed by atoms with Crippen LogP contribution in [0.25, 0.3) is 65.6 Å². The van der Waals surface area contributed by atoms with Gasteiger partial charge >= 0.3 is 0 Å². The van der Waals surface area contributed by atoms with Gasteiger partial charge in [0, 0.05) is 21.9 Å². The molecule has 2 aromatic heterocycles. The molecule has 0 aliphatic rings. The minimum absolute atomic E-state index is 0.873. The summed E-state index contributed by atoms with van der Waals surface area (Å²) in [7, 11) is 0. The minimum Gasteiger partial charge on any atom is -0.241 e. The van der Waals surface area contributed by atoms with E-state index in [4.69, 9.17) is 9.97 Å². The predicted molar refractivity (Wildman–Crippen MR) is 204 cm³/mol. The molecule has 0 saturated carbocycles. The number of hydrogen-bond acceptors (Lipinski definition) is 4. The van der Waals surface area contributed by atoms with Crippen molar-refractivity contribution in [2.75, 3.05) is 0 Å². The zero-order chi connectivity index (χ0) is 32.1. The summed E-state index contributed by atoms with van der Waals surface area (Å²) in [6.45, 7) is 0. The van der Waals surface area contributed by atoms with E-state index in [-0.39, 0.29) is 0 Å². The number of aryl methyl sites for hydroxylation is 2. The van der Waals surface area contributed by atoms with E-state index in [2.05, 4.69) is 168 Å². The molecule has 2 heterocycles. The molecule has 0 N–H and O–H groups in total. The molecule has 8 rings (SSSR count). The number of hydrogen-bond donors (Lipinski definition) is 0. The average Bonchev–Trinajstić information content (AvgIpc) is 3.86. The van der Waals surface area contributed by atoms with Gasteiger partial charge in [0.05, 0.1) is 11.4 Å². The van der Waals surface area contributed by atoms with Crippen LogP contribution >= 0.6 is 22.7 Å². The lowest BCUT2D eigenvalue weighted by molar-refractivity contribution is 0.900. The number of benzene rings is 6. The molecule has 0 unspecified atom stereocenters. The van der Waals surface area contributed by atoms with Crippen LogP contribution in [0.2, 0.25) is 0 Å². The minimum atomic E-state index is 0.873. The molecule has 0 saturated heterocycles. The van der Waals surface area contributed by atoms with Crippen LogP contribution in [0.3, 0.4) is 0 Å². The molecule has 0 aliphatic heterocycles. The summed E-state index contributed by atoms with van der Waals surface area (Å²) in [5.74, 6) is 0. The van der Waals surface area contributed by atoms with Gasteiger partial charge in [-0.15, -0.1) is 22.7 Å². The highest BCUT2D eigenvalue weighted by molar-refractivity contribution is 7.13. The van der Waals surface area contributed by atoms with Crippen molar-refractivity contribution in [3.05, 3.63) is 180 Å². The topological polar surface area (TPSA) is 25.8 Å². The molecule has 6 aromatic carbocycles. The van der Waals surface area contributed by atoms with Gasteiger partial charge < -0.3 is 0 Å². The van der Waals surface area contributed by atoms with Crippen LogP contribution in [0.5, 0.6) is 0 Å². The summed E-state index contributed by atoms with van der Waals surface area (Å²) in [5, 5.41) is 6.49. The molecule has 0 amide bonds. The van der Waals surface area contributed by atoms with Gasteiger partial charge in [-0.2, -0.15) is 0 Å². The maximum atomic E-state index is 5.00. The summed E-state index contributed by atoms with van der Waals surface area (Å²) in [4.78, 5) is 9.98. The molecule has 0 spiro atoms. The average molecular weight is 653 g/mol. The second-order valence-corrected chi connectivity index (χ2v) is 13.5. The lowest BCUT2D eigenvalue weighted by Crippen LogP contribution is -1.92. The molecule has 0 fully saturated rings. The Morgan fingerprint density at radius 2 is 0.646 bits per heavy atom. The van der Waals surface area contributed by atoms with E-state index in [1.165, 1.54) is 44.5 Å². The first-order valence-electron chi connectivity index (χ1n) is 16.2. The molecule has 0 atom stereocenters. The first-order valence-corrected chi connectivity index (χ1v) is 17.9. The Morgan fingerprint density at radius 1 is 0.312 bits per heavy atom. The Hall–Kier alpha value is -5.42. The van der Waals surface area contributed by atoms with Crippen molar-refractivity contribution in [2.24, 2.45) is 0 Å². The summed E-state index contributed by atoms with van der Waals surface area (Å²) >= 11 is 3.42. The Bertz CT molecular complexity index is 2250. The van der Waals surface area contributed by atoms with E-state index in [1.807, 2.05) is 0 Å². The second kappa shape index (κ2) is 13.7. The van der Waals surface area contributed by atoms with E-state index in [9.17, 15) is 0 Å². The summed E-state index contributed by atoms with van der Waals surface area (Å²) in [6, 6.07) is 56.1. The zero-order valence-electron chi connectivity index (χ0n) is 26.3. The van der Waals surface area contributed by atoms with Crippen molar-refractivity contribution >= 4 is 22.7 Å². The fourth-order valence-corrected chi connectivity index (χ4v) is 7.69. The van der Waals surface area contributed by atoms with E-state index in [0.29, 0.717) is 0 Å². The summed E-state index contributed by atoms with van der Waals surface area (Å²) < 4.78 is 0. The lowest BCUT2D eigenvalue weighted by Gasteiger charge is -2.06. The third-order valence-electron chi connectivity index (χ3n) is 8.63. The van der Waals surface area contributed by atoms with Gasteiger partial charge in [0.15, 0.2) is 0 Å². The normalized spacial score (nSPS) is 11.1. The predicted octanol–water partition coefficient (Wildman–Crippen LogP) is 12.4. The van der Waals surface area contributed by atoms with Crippen LogP contribution in [-0.2, 0) is 12.8 Å². The number of nitrogens with zero attached hydrogens (tertiary/aromatic N) is 2. The number of aromatic nitrogens is 2. The Kier molecular flexibility index (Phi) is 8.58. The van der Waals surface area contributed by atoms with Crippen LogP contribution in [-0.4, -0.2) is 9.97 Å². The van der Waals surface area contributed by atoms with Crippen molar-refractivity contribution in [1.82, 2.24) is 9.97 Å². The van der Waals surface area contributed by atoms with Crippen LogP contribution in [0.4, 0.5) is 0 Å². The Balaban J connectivity index is 0.896. The maximum Gasteiger partial charge on any atom is 0.123 e. The van der Waals surface area contributed by atoms with Gasteiger partial charge in [0.25, 0.3) is 0 Å². The van der Waals surface area contributed by atoms with Gasteiger partial charge in [-0.3, -0.25) is 0 Å². The molecule has 0 aliphatic carbocycles. The summed E-state index contributed by atoms with van der Waals surface area (Å²) in [5.41, 5.74) is 14.3. The van der Waals surface area contributed by atoms with Crippen LogP contribution < -0.4 is 0 Å². The van der Waals surface area contributed by atoms with Gasteiger partial charge in [-0.25, -0.2) is 9.97 Å². The zero-order valence-corrected chi connectivity index (χ0v) is 27.9. The van der Waals surface area contributed by atoms with Gasteiger partial charge in [-0.05, 0) is 63.4 Å². The lowest BCUT2D eigenvalue weighted by atomic mass is 9.99. The van der Waals surface area contributed by atoms with Gasteiger partial charge in [-0.1, -0.05) is 152 Å². The molecule has 230 valence electrons. The largest absolute Gasteiger partial charge is 0.241 e. The molecule has 0 radical (unpaired) electrons. The van der Waals surface area contributed by atoms with Crippen molar-refractivity contribution in [2.45, 2.75) is 12.8 Å². The third kappa shape index (κ3) is 6.68. The highest BCUT2D eigenvalue weighted by Gasteiger charge is 2.10. The molecule has 2 nitrogen and oxygen atoms in total. The van der Waals surface area contributed by atoms with Crippen molar-refractivity contribution < 1.29 is 0 Å². The monoisotopic (exact) mass is 652 g/mol. The summed E-state index contributed by atoms with van der Waals surface area (Å²) in [6.07, 6.45) is 1.75. The smallest absolute Gasteiger partial charge is 0.123 e. The van der Waals surface area contributed by atoms with Crippen LogP contribution in [0, 0.1) is 0 Å². The molecular weight excluding hydrogens is 621 g/mol. The second-order valence-electron chi connectivity index (χ2n) is 11.8.